The van der Waals surface area contributed by atoms with E-state index < -0.39 is 0 Å². The first-order chi connectivity index (χ1) is 16.1. The molecule has 0 unspecified atom stereocenters. The fourth-order valence-corrected chi connectivity index (χ4v) is 4.82. The number of amides is 1. The van der Waals surface area contributed by atoms with Gasteiger partial charge in [0.05, 0.1) is 23.8 Å². The fourth-order valence-electron chi connectivity index (χ4n) is 3.78. The van der Waals surface area contributed by atoms with Gasteiger partial charge in [-0.3, -0.25) is 4.79 Å². The molecule has 0 bridgehead atoms. The van der Waals surface area contributed by atoms with Crippen molar-refractivity contribution in [1.82, 2.24) is 5.01 Å². The first kappa shape index (κ1) is 21.5. The number of methoxy groups -OCH3 is 1. The van der Waals surface area contributed by atoms with Crippen LogP contribution in [0.3, 0.4) is 0 Å². The number of hydrazone groups is 1. The van der Waals surface area contributed by atoms with E-state index in [0.717, 1.165) is 28.2 Å². The molecule has 1 atom stereocenters. The molecule has 164 valence electrons. The van der Waals surface area contributed by atoms with Crippen molar-refractivity contribution in [3.8, 4) is 5.75 Å². The second-order valence-corrected chi connectivity index (χ2v) is 9.06. The number of thioether (sulfide) groups is 1. The van der Waals surface area contributed by atoms with Gasteiger partial charge in [0.15, 0.2) is 5.17 Å². The predicted molar refractivity (Wildman–Crippen MR) is 135 cm³/mol. The number of aliphatic imine (C=N–C) groups is 1. The molecular weight excluding hydrogens is 454 g/mol. The zero-order valence-corrected chi connectivity index (χ0v) is 19.4. The van der Waals surface area contributed by atoms with E-state index in [0.29, 0.717) is 21.5 Å². The van der Waals surface area contributed by atoms with E-state index in [1.165, 1.54) is 11.8 Å². The summed E-state index contributed by atoms with van der Waals surface area (Å²) in [6.45, 7) is 0. The van der Waals surface area contributed by atoms with Crippen LogP contribution >= 0.6 is 23.4 Å². The predicted octanol–water partition coefficient (Wildman–Crippen LogP) is 6.17. The van der Waals surface area contributed by atoms with Crippen molar-refractivity contribution in [2.45, 2.75) is 12.5 Å². The summed E-state index contributed by atoms with van der Waals surface area (Å²) >= 11 is 7.32. The summed E-state index contributed by atoms with van der Waals surface area (Å²) in [6.07, 6.45) is 2.54. The lowest BCUT2D eigenvalue weighted by molar-refractivity contribution is -0.113. The van der Waals surface area contributed by atoms with Crippen molar-refractivity contribution < 1.29 is 9.53 Å². The van der Waals surface area contributed by atoms with Crippen LogP contribution in [0.25, 0.3) is 6.08 Å². The summed E-state index contributed by atoms with van der Waals surface area (Å²) < 4.78 is 5.31. The van der Waals surface area contributed by atoms with Crippen LogP contribution in [0.5, 0.6) is 5.75 Å². The summed E-state index contributed by atoms with van der Waals surface area (Å²) in [5.41, 5.74) is 4.00. The van der Waals surface area contributed by atoms with Crippen molar-refractivity contribution >= 4 is 46.2 Å². The van der Waals surface area contributed by atoms with Gasteiger partial charge >= 0.3 is 0 Å². The van der Waals surface area contributed by atoms with Crippen LogP contribution in [0, 0.1) is 0 Å². The highest BCUT2D eigenvalue weighted by Gasteiger charge is 2.36. The van der Waals surface area contributed by atoms with Crippen LogP contribution in [-0.4, -0.2) is 28.9 Å². The number of hydrogen-bond acceptors (Lipinski definition) is 5. The molecule has 5 nitrogen and oxygen atoms in total. The van der Waals surface area contributed by atoms with E-state index in [1.807, 2.05) is 77.8 Å². The Balaban J connectivity index is 1.47. The van der Waals surface area contributed by atoms with Crippen molar-refractivity contribution in [3.63, 3.8) is 0 Å². The highest BCUT2D eigenvalue weighted by molar-refractivity contribution is 8.18. The average molecular weight is 474 g/mol. The second-order valence-electron chi connectivity index (χ2n) is 7.61. The minimum absolute atomic E-state index is 0.0694. The molecule has 33 heavy (non-hydrogen) atoms. The second kappa shape index (κ2) is 9.25. The van der Waals surface area contributed by atoms with Gasteiger partial charge in [-0.25, -0.2) is 5.01 Å². The highest BCUT2D eigenvalue weighted by atomic mass is 35.5. The lowest BCUT2D eigenvalue weighted by atomic mass is 9.98. The number of hydrogen-bond donors (Lipinski definition) is 0. The fraction of sp³-hybridized carbons (Fsp3) is 0.115. The molecule has 2 aliphatic rings. The molecule has 1 amide bonds. The van der Waals surface area contributed by atoms with Gasteiger partial charge in [-0.05, 0) is 58.8 Å². The topological polar surface area (TPSA) is 54.3 Å². The number of ether oxygens (including phenoxy) is 1. The minimum Gasteiger partial charge on any atom is -0.497 e. The molecule has 0 fully saturated rings. The van der Waals surface area contributed by atoms with E-state index >= 15 is 0 Å². The maximum Gasteiger partial charge on any atom is 0.286 e. The molecule has 0 aliphatic carbocycles. The molecule has 3 aromatic rings. The monoisotopic (exact) mass is 473 g/mol. The summed E-state index contributed by atoms with van der Waals surface area (Å²) in [5, 5.41) is 8.00. The number of benzene rings is 3. The molecule has 0 N–H and O–H groups in total. The largest absolute Gasteiger partial charge is 0.497 e. The first-order valence-corrected chi connectivity index (χ1v) is 11.6. The molecule has 2 aliphatic heterocycles. The van der Waals surface area contributed by atoms with Crippen molar-refractivity contribution in [2.75, 3.05) is 7.11 Å². The Morgan fingerprint density at radius 2 is 1.76 bits per heavy atom. The molecule has 5 rings (SSSR count). The normalized spacial score (nSPS) is 19.1. The van der Waals surface area contributed by atoms with Crippen LogP contribution in [0.2, 0.25) is 5.02 Å². The van der Waals surface area contributed by atoms with Crippen LogP contribution in [-0.2, 0) is 4.79 Å². The third-order valence-electron chi connectivity index (χ3n) is 5.49. The first-order valence-electron chi connectivity index (χ1n) is 10.4. The van der Waals surface area contributed by atoms with Gasteiger partial charge in [-0.1, -0.05) is 66.2 Å². The Morgan fingerprint density at radius 1 is 1.03 bits per heavy atom. The SMILES string of the molecule is COc1ccc([C@H]2CC(c3ccccc3)=NN2C2=NC(=O)/C(=C/c3ccc(Cl)cc3)S2)cc1. The van der Waals surface area contributed by atoms with E-state index in [2.05, 4.69) is 4.99 Å². The smallest absolute Gasteiger partial charge is 0.286 e. The van der Waals surface area contributed by atoms with Gasteiger partial charge in [-0.2, -0.15) is 10.1 Å². The molecule has 0 saturated carbocycles. The Bertz CT molecular complexity index is 1270. The number of rotatable bonds is 4. The van der Waals surface area contributed by atoms with Crippen LogP contribution in [0.1, 0.15) is 29.2 Å². The lowest BCUT2D eigenvalue weighted by Gasteiger charge is -2.22. The van der Waals surface area contributed by atoms with E-state index in [9.17, 15) is 4.79 Å². The molecule has 0 saturated heterocycles. The maximum atomic E-state index is 12.7. The Kier molecular flexibility index (Phi) is 6.03. The van der Waals surface area contributed by atoms with Gasteiger partial charge in [-0.15, -0.1) is 0 Å². The van der Waals surface area contributed by atoms with Crippen LogP contribution in [0.4, 0.5) is 0 Å². The Labute approximate surface area is 201 Å². The van der Waals surface area contributed by atoms with Gasteiger partial charge < -0.3 is 4.74 Å². The highest BCUT2D eigenvalue weighted by Crippen LogP contribution is 2.39. The number of halogens is 1. The molecular formula is C26H20ClN3O2S. The third-order valence-corrected chi connectivity index (χ3v) is 6.72. The van der Waals surface area contributed by atoms with Crippen molar-refractivity contribution in [2.24, 2.45) is 10.1 Å². The van der Waals surface area contributed by atoms with Crippen LogP contribution in [0.15, 0.2) is 93.9 Å². The van der Waals surface area contributed by atoms with Gasteiger partial charge in [0.25, 0.3) is 5.91 Å². The maximum absolute atomic E-state index is 12.7. The number of carbonyl (C=O) groups is 1. The van der Waals surface area contributed by atoms with Crippen molar-refractivity contribution in [1.29, 1.82) is 0 Å². The number of carbonyl (C=O) groups excluding carboxylic acids is 1. The number of amidine groups is 1. The summed E-state index contributed by atoms with van der Waals surface area (Å²) in [6, 6.07) is 25.3. The molecule has 7 heteroatoms. The zero-order valence-electron chi connectivity index (χ0n) is 17.8. The molecule has 0 aromatic heterocycles. The summed E-state index contributed by atoms with van der Waals surface area (Å²) in [5.74, 6) is 0.533. The summed E-state index contributed by atoms with van der Waals surface area (Å²) in [7, 11) is 1.65. The van der Waals surface area contributed by atoms with Crippen molar-refractivity contribution in [3.05, 3.63) is 105 Å². The van der Waals surface area contributed by atoms with Gasteiger partial charge in [0, 0.05) is 11.4 Å². The molecule has 0 radical (unpaired) electrons. The molecule has 3 aromatic carbocycles. The molecule has 2 heterocycles. The molecule has 0 spiro atoms. The quantitative estimate of drug-likeness (QED) is 0.425. The van der Waals surface area contributed by atoms with Crippen LogP contribution < -0.4 is 4.74 Å². The number of nitrogens with zero attached hydrogens (tertiary/aromatic N) is 3. The van der Waals surface area contributed by atoms with E-state index in [-0.39, 0.29) is 11.9 Å². The van der Waals surface area contributed by atoms with E-state index in [1.54, 1.807) is 19.2 Å². The Hall–Kier alpha value is -3.35. The standard InChI is InChI=1S/C26H20ClN3O2S/c1-32-21-13-9-19(10-14-21)23-16-22(18-5-3-2-4-6-18)29-30(23)26-28-25(31)24(33-26)15-17-7-11-20(27)12-8-17/h2-15,23H,16H2,1H3/b24-15-/t23-/m1/s1. The van der Waals surface area contributed by atoms with Gasteiger partial charge in [0.1, 0.15) is 5.75 Å². The third kappa shape index (κ3) is 4.58. The minimum atomic E-state index is -0.262. The van der Waals surface area contributed by atoms with E-state index in [4.69, 9.17) is 21.4 Å². The zero-order chi connectivity index (χ0) is 22.8. The average Bonchev–Trinajstić information content (AvgIpc) is 3.45. The lowest BCUT2D eigenvalue weighted by Crippen LogP contribution is -2.23. The summed E-state index contributed by atoms with van der Waals surface area (Å²) in [4.78, 5) is 17.6. The Morgan fingerprint density at radius 3 is 2.45 bits per heavy atom. The van der Waals surface area contributed by atoms with Gasteiger partial charge in [0.2, 0.25) is 0 Å².